The maximum absolute atomic E-state index is 10.5. The number of hydrogen-bond acceptors (Lipinski definition) is 8. The average molecular weight is 498 g/mol. The fourth-order valence-electron chi connectivity index (χ4n) is 3.28. The Morgan fingerprint density at radius 2 is 2.03 bits per heavy atom. The van der Waals surface area contributed by atoms with Gasteiger partial charge in [0.1, 0.15) is 16.6 Å². The van der Waals surface area contributed by atoms with Crippen LogP contribution in [0.15, 0.2) is 67.2 Å². The molecule has 156 valence electrons. The summed E-state index contributed by atoms with van der Waals surface area (Å²) >= 11 is 4.84. The van der Waals surface area contributed by atoms with E-state index in [1.54, 1.807) is 23.3 Å². The van der Waals surface area contributed by atoms with E-state index >= 15 is 0 Å². The van der Waals surface area contributed by atoms with Gasteiger partial charge in [-0.25, -0.2) is 4.98 Å². The standard InChI is InChI=1S/C21H16BrN5O3S/c22-13-5-3-12(4-6-13)14-11-31-21(24-14)18-15(28)10-27(19(18)23)8-7-17-25-20(26-30-17)16-2-1-9-29-16/h1-6,9,11,23,28H,7-8,10H2. The van der Waals surface area contributed by atoms with Gasteiger partial charge in [0.2, 0.25) is 11.7 Å². The molecule has 0 radical (unpaired) electrons. The molecule has 2 N–H and O–H groups in total. The van der Waals surface area contributed by atoms with Gasteiger partial charge >= 0.3 is 0 Å². The Balaban J connectivity index is 1.27. The molecule has 5 rings (SSSR count). The highest BCUT2D eigenvalue weighted by Crippen LogP contribution is 2.32. The zero-order valence-electron chi connectivity index (χ0n) is 16.1. The van der Waals surface area contributed by atoms with Gasteiger partial charge in [0.15, 0.2) is 5.76 Å². The quantitative estimate of drug-likeness (QED) is 0.384. The van der Waals surface area contributed by atoms with Crippen molar-refractivity contribution >= 4 is 38.7 Å². The molecule has 0 saturated heterocycles. The molecule has 0 bridgehead atoms. The van der Waals surface area contributed by atoms with E-state index in [-0.39, 0.29) is 18.1 Å². The molecule has 31 heavy (non-hydrogen) atoms. The second kappa shape index (κ2) is 8.12. The predicted octanol–water partition coefficient (Wildman–Crippen LogP) is 5.02. The second-order valence-electron chi connectivity index (χ2n) is 6.88. The Bertz CT molecular complexity index is 1260. The SMILES string of the molecule is N=C1C(c2nc(-c3ccc(Br)cc3)cs2)=C(O)CN1CCc1nc(-c2ccco2)no1. The third-order valence-corrected chi connectivity index (χ3v) is 6.23. The van der Waals surface area contributed by atoms with Gasteiger partial charge in [-0.05, 0) is 24.3 Å². The van der Waals surface area contributed by atoms with Crippen molar-refractivity contribution in [3.05, 3.63) is 69.2 Å². The number of nitrogens with one attached hydrogen (secondary N) is 1. The molecule has 0 aliphatic carbocycles. The van der Waals surface area contributed by atoms with E-state index in [2.05, 4.69) is 31.1 Å². The number of thiazole rings is 1. The lowest BCUT2D eigenvalue weighted by Gasteiger charge is -2.16. The Labute approximate surface area is 189 Å². The zero-order chi connectivity index (χ0) is 21.4. The van der Waals surface area contributed by atoms with Crippen molar-refractivity contribution in [3.63, 3.8) is 0 Å². The number of hydrogen-bond donors (Lipinski definition) is 2. The van der Waals surface area contributed by atoms with Crippen LogP contribution in [0, 0.1) is 5.41 Å². The van der Waals surface area contributed by atoms with E-state index in [0.717, 1.165) is 15.7 Å². The summed E-state index contributed by atoms with van der Waals surface area (Å²) in [7, 11) is 0. The van der Waals surface area contributed by atoms with E-state index in [0.29, 0.717) is 41.0 Å². The van der Waals surface area contributed by atoms with Crippen LogP contribution in [0.3, 0.4) is 0 Å². The lowest BCUT2D eigenvalue weighted by Crippen LogP contribution is -2.28. The average Bonchev–Trinajstić information content (AvgIpc) is 3.55. The lowest BCUT2D eigenvalue weighted by atomic mass is 10.2. The molecular weight excluding hydrogens is 482 g/mol. The molecule has 1 aliphatic rings. The van der Waals surface area contributed by atoms with Crippen molar-refractivity contribution < 1.29 is 14.0 Å². The first-order chi connectivity index (χ1) is 15.1. The van der Waals surface area contributed by atoms with Crippen molar-refractivity contribution in [2.75, 3.05) is 13.1 Å². The fraction of sp³-hybridized carbons (Fsp3) is 0.143. The van der Waals surface area contributed by atoms with Crippen molar-refractivity contribution in [2.24, 2.45) is 0 Å². The van der Waals surface area contributed by atoms with Crippen LogP contribution in [-0.4, -0.2) is 44.1 Å². The molecule has 0 saturated carbocycles. The van der Waals surface area contributed by atoms with Gasteiger partial charge in [-0.3, -0.25) is 5.41 Å². The number of aliphatic hydroxyl groups is 1. The Hall–Kier alpha value is -3.24. The first-order valence-corrected chi connectivity index (χ1v) is 11.1. The number of aliphatic hydroxyl groups excluding tert-OH is 1. The van der Waals surface area contributed by atoms with Gasteiger partial charge in [-0.15, -0.1) is 11.3 Å². The number of halogens is 1. The summed E-state index contributed by atoms with van der Waals surface area (Å²) < 4.78 is 11.5. The molecule has 1 aromatic carbocycles. The van der Waals surface area contributed by atoms with Crippen molar-refractivity contribution in [1.29, 1.82) is 5.41 Å². The highest BCUT2D eigenvalue weighted by Gasteiger charge is 2.30. The summed E-state index contributed by atoms with van der Waals surface area (Å²) in [6.45, 7) is 0.706. The summed E-state index contributed by atoms with van der Waals surface area (Å²) in [5.41, 5.74) is 2.27. The molecular formula is C21H16BrN5O3S. The molecule has 4 heterocycles. The van der Waals surface area contributed by atoms with Crippen LogP contribution >= 0.6 is 27.3 Å². The van der Waals surface area contributed by atoms with E-state index in [9.17, 15) is 5.11 Å². The van der Waals surface area contributed by atoms with Crippen LogP contribution in [0.5, 0.6) is 0 Å². The van der Waals surface area contributed by atoms with Gasteiger partial charge in [0, 0.05) is 28.4 Å². The summed E-state index contributed by atoms with van der Waals surface area (Å²) in [4.78, 5) is 10.7. The summed E-state index contributed by atoms with van der Waals surface area (Å²) in [5.74, 6) is 1.75. The molecule has 0 atom stereocenters. The smallest absolute Gasteiger partial charge is 0.238 e. The zero-order valence-corrected chi connectivity index (χ0v) is 18.5. The largest absolute Gasteiger partial charge is 0.510 e. The molecule has 0 unspecified atom stereocenters. The lowest BCUT2D eigenvalue weighted by molar-refractivity contribution is 0.331. The molecule has 1 aliphatic heterocycles. The van der Waals surface area contributed by atoms with Crippen LogP contribution in [0.1, 0.15) is 10.9 Å². The van der Waals surface area contributed by atoms with Crippen molar-refractivity contribution in [2.45, 2.75) is 6.42 Å². The van der Waals surface area contributed by atoms with Crippen LogP contribution in [0.4, 0.5) is 0 Å². The van der Waals surface area contributed by atoms with Crippen molar-refractivity contribution in [3.8, 4) is 22.8 Å². The van der Waals surface area contributed by atoms with Crippen LogP contribution in [0.2, 0.25) is 0 Å². The van der Waals surface area contributed by atoms with Gasteiger partial charge in [-0.1, -0.05) is 33.2 Å². The van der Waals surface area contributed by atoms with Crippen molar-refractivity contribution in [1.82, 2.24) is 20.0 Å². The molecule has 3 aromatic heterocycles. The Kier molecular flexibility index (Phi) is 5.16. The van der Waals surface area contributed by atoms with Crippen LogP contribution < -0.4 is 0 Å². The van der Waals surface area contributed by atoms with Gasteiger partial charge in [0.05, 0.1) is 24.1 Å². The first kappa shape index (κ1) is 19.7. The molecule has 0 amide bonds. The molecule has 0 spiro atoms. The first-order valence-electron chi connectivity index (χ1n) is 9.43. The molecule has 10 heteroatoms. The highest BCUT2D eigenvalue weighted by molar-refractivity contribution is 9.10. The number of rotatable bonds is 6. The third kappa shape index (κ3) is 3.91. The monoisotopic (exact) mass is 497 g/mol. The molecule has 4 aromatic rings. The maximum atomic E-state index is 10.5. The topological polar surface area (TPSA) is 112 Å². The van der Waals surface area contributed by atoms with Crippen LogP contribution in [-0.2, 0) is 6.42 Å². The summed E-state index contributed by atoms with van der Waals surface area (Å²) in [6.07, 6.45) is 1.99. The Morgan fingerprint density at radius 1 is 1.19 bits per heavy atom. The summed E-state index contributed by atoms with van der Waals surface area (Å²) in [6, 6.07) is 11.4. The number of furan rings is 1. The van der Waals surface area contributed by atoms with Crippen LogP contribution in [0.25, 0.3) is 28.4 Å². The molecule has 0 fully saturated rings. The minimum absolute atomic E-state index is 0.142. The van der Waals surface area contributed by atoms with E-state index in [4.69, 9.17) is 14.3 Å². The second-order valence-corrected chi connectivity index (χ2v) is 8.65. The van der Waals surface area contributed by atoms with E-state index < -0.39 is 0 Å². The number of nitrogens with zero attached hydrogens (tertiary/aromatic N) is 4. The Morgan fingerprint density at radius 3 is 2.81 bits per heavy atom. The summed E-state index contributed by atoms with van der Waals surface area (Å²) in [5, 5.41) is 25.5. The van der Waals surface area contributed by atoms with E-state index in [1.165, 1.54) is 11.3 Å². The third-order valence-electron chi connectivity index (χ3n) is 4.85. The highest BCUT2D eigenvalue weighted by atomic mass is 79.9. The molecule has 8 nitrogen and oxygen atoms in total. The number of benzene rings is 1. The van der Waals surface area contributed by atoms with Gasteiger partial charge in [-0.2, -0.15) is 4.98 Å². The minimum Gasteiger partial charge on any atom is -0.510 e. The maximum Gasteiger partial charge on any atom is 0.238 e. The van der Waals surface area contributed by atoms with Gasteiger partial charge in [0.25, 0.3) is 0 Å². The number of aromatic nitrogens is 3. The predicted molar refractivity (Wildman–Crippen MR) is 120 cm³/mol. The normalized spacial score (nSPS) is 14.1. The van der Waals surface area contributed by atoms with E-state index in [1.807, 2.05) is 29.6 Å². The van der Waals surface area contributed by atoms with Gasteiger partial charge < -0.3 is 18.9 Å². The fourth-order valence-corrected chi connectivity index (χ4v) is 4.44. The number of amidine groups is 1. The minimum atomic E-state index is 0.142.